The molecule has 190 valence electrons. The maximum Gasteiger partial charge on any atom is 0.219 e. The summed E-state index contributed by atoms with van der Waals surface area (Å²) in [5.74, 6) is 0.284. The predicted octanol–water partition coefficient (Wildman–Crippen LogP) is 5.45. The van der Waals surface area contributed by atoms with Crippen LogP contribution in [-0.2, 0) is 5.60 Å². The van der Waals surface area contributed by atoms with Crippen molar-refractivity contribution in [3.05, 3.63) is 75.2 Å². The van der Waals surface area contributed by atoms with Crippen LogP contribution in [0.2, 0.25) is 0 Å². The van der Waals surface area contributed by atoms with Crippen molar-refractivity contribution in [3.8, 4) is 16.8 Å². The Morgan fingerprint density at radius 1 is 1.03 bits per heavy atom. The van der Waals surface area contributed by atoms with Crippen LogP contribution in [0.15, 0.2) is 59.2 Å². The zero-order valence-corrected chi connectivity index (χ0v) is 23.4. The molecule has 0 saturated carbocycles. The van der Waals surface area contributed by atoms with Crippen LogP contribution in [0.4, 0.5) is 0 Å². The lowest BCUT2D eigenvalue weighted by Crippen LogP contribution is -2.38. The van der Waals surface area contributed by atoms with Crippen LogP contribution < -0.4 is 14.2 Å². The summed E-state index contributed by atoms with van der Waals surface area (Å²) in [5, 5.41) is 14.4. The van der Waals surface area contributed by atoms with E-state index in [1.54, 1.807) is 27.5 Å². The zero-order chi connectivity index (χ0) is 25.9. The number of benzene rings is 1. The molecule has 4 aromatic rings. The second kappa shape index (κ2) is 11.1. The number of fused-ring (bicyclic) bond motifs is 1. The van der Waals surface area contributed by atoms with Gasteiger partial charge in [-0.15, -0.1) is 11.3 Å². The summed E-state index contributed by atoms with van der Waals surface area (Å²) in [4.78, 5) is 12.2. The lowest BCUT2D eigenvalue weighted by atomic mass is 9.74. The van der Waals surface area contributed by atoms with Gasteiger partial charge in [0.25, 0.3) is 0 Å². The number of hydrogen-bond donors (Lipinski definition) is 1. The molecule has 0 aliphatic rings. The molecule has 36 heavy (non-hydrogen) atoms. The Bertz CT molecular complexity index is 1350. The summed E-state index contributed by atoms with van der Waals surface area (Å²) in [7, 11) is 8.78. The second-order valence-corrected chi connectivity index (χ2v) is 10.7. The molecule has 0 amide bonds. The first-order chi connectivity index (χ1) is 17.3. The minimum Gasteiger partial charge on any atom is -0.487 e. The van der Waals surface area contributed by atoms with Gasteiger partial charge < -0.3 is 24.2 Å². The standard InChI is InChI=1S/C27H30BrN3O4S/c1-31(2)14-12-27(32,20-7-6-13-29-26(20)35-5)24(22-10-11-23(33-3)36-22)19-16-17-15-18(28)8-9-21(17)30-25(19)34-4/h6-11,13,15-16,24,32H,12,14H2,1-5H3/t24-,27+/m0/s1. The van der Waals surface area contributed by atoms with Crippen molar-refractivity contribution in [3.63, 3.8) is 0 Å². The lowest BCUT2D eigenvalue weighted by molar-refractivity contribution is 0.00220. The van der Waals surface area contributed by atoms with Crippen LogP contribution >= 0.6 is 27.3 Å². The van der Waals surface area contributed by atoms with E-state index in [1.807, 2.05) is 67.5 Å². The predicted molar refractivity (Wildman–Crippen MR) is 147 cm³/mol. The van der Waals surface area contributed by atoms with E-state index in [2.05, 4.69) is 20.9 Å². The van der Waals surface area contributed by atoms with Crippen molar-refractivity contribution in [2.75, 3.05) is 42.0 Å². The third kappa shape index (κ3) is 5.20. The molecule has 9 heteroatoms. The van der Waals surface area contributed by atoms with Gasteiger partial charge in [-0.25, -0.2) is 9.97 Å². The summed E-state index contributed by atoms with van der Waals surface area (Å²) >= 11 is 5.05. The number of aromatic nitrogens is 2. The number of nitrogens with zero attached hydrogens (tertiary/aromatic N) is 3. The van der Waals surface area contributed by atoms with Crippen LogP contribution in [0.5, 0.6) is 16.8 Å². The Kier molecular flexibility index (Phi) is 8.14. The van der Waals surface area contributed by atoms with E-state index in [9.17, 15) is 5.11 Å². The average molecular weight is 573 g/mol. The fourth-order valence-corrected chi connectivity index (χ4v) is 5.88. The monoisotopic (exact) mass is 571 g/mol. The largest absolute Gasteiger partial charge is 0.487 e. The fourth-order valence-electron chi connectivity index (χ4n) is 4.47. The number of pyridine rings is 2. The van der Waals surface area contributed by atoms with E-state index in [0.29, 0.717) is 30.3 Å². The molecule has 3 heterocycles. The van der Waals surface area contributed by atoms with Crippen molar-refractivity contribution in [2.24, 2.45) is 0 Å². The molecule has 0 radical (unpaired) electrons. The van der Waals surface area contributed by atoms with Crippen LogP contribution in [0.1, 0.15) is 28.3 Å². The fraction of sp³-hybridized carbons (Fsp3) is 0.333. The SMILES string of the molecule is COc1ccc([C@H](c2cc3cc(Br)ccc3nc2OC)[C@@](O)(CCN(C)C)c2cccnc2OC)s1. The minimum atomic E-state index is -1.41. The van der Waals surface area contributed by atoms with E-state index < -0.39 is 11.5 Å². The van der Waals surface area contributed by atoms with Crippen molar-refractivity contribution >= 4 is 38.2 Å². The smallest absolute Gasteiger partial charge is 0.219 e. The van der Waals surface area contributed by atoms with Crippen LogP contribution in [0.25, 0.3) is 10.9 Å². The molecule has 0 bridgehead atoms. The number of halogens is 1. The summed E-state index contributed by atoms with van der Waals surface area (Å²) < 4.78 is 17.9. The van der Waals surface area contributed by atoms with Crippen molar-refractivity contribution in [1.82, 2.24) is 14.9 Å². The van der Waals surface area contributed by atoms with Gasteiger partial charge >= 0.3 is 0 Å². The van der Waals surface area contributed by atoms with E-state index >= 15 is 0 Å². The minimum absolute atomic E-state index is 0.378. The number of aliphatic hydroxyl groups is 1. The molecule has 0 aliphatic carbocycles. The van der Waals surface area contributed by atoms with E-state index in [0.717, 1.165) is 30.9 Å². The summed E-state index contributed by atoms with van der Waals surface area (Å²) in [6.07, 6.45) is 2.07. The molecule has 4 rings (SSSR count). The number of rotatable bonds is 10. The first kappa shape index (κ1) is 26.3. The van der Waals surface area contributed by atoms with Gasteiger partial charge in [0.2, 0.25) is 11.8 Å². The number of ether oxygens (including phenoxy) is 3. The Morgan fingerprint density at radius 2 is 1.81 bits per heavy atom. The molecule has 0 fully saturated rings. The summed E-state index contributed by atoms with van der Waals surface area (Å²) in [6, 6.07) is 15.5. The van der Waals surface area contributed by atoms with Crippen molar-refractivity contribution in [1.29, 1.82) is 0 Å². The number of thiophene rings is 1. The average Bonchev–Trinajstić information content (AvgIpc) is 3.35. The van der Waals surface area contributed by atoms with Gasteiger partial charge in [0.05, 0.1) is 32.8 Å². The van der Waals surface area contributed by atoms with Crippen LogP contribution in [0, 0.1) is 0 Å². The normalized spacial score (nSPS) is 14.0. The van der Waals surface area contributed by atoms with Crippen molar-refractivity contribution in [2.45, 2.75) is 17.9 Å². The molecular weight excluding hydrogens is 542 g/mol. The molecule has 0 unspecified atom stereocenters. The third-order valence-electron chi connectivity index (χ3n) is 6.21. The molecule has 3 aromatic heterocycles. The van der Waals surface area contributed by atoms with E-state index in [1.165, 1.54) is 11.3 Å². The summed E-state index contributed by atoms with van der Waals surface area (Å²) in [6.45, 7) is 0.627. The number of hydrogen-bond acceptors (Lipinski definition) is 8. The quantitative estimate of drug-likeness (QED) is 0.271. The van der Waals surface area contributed by atoms with E-state index in [-0.39, 0.29) is 0 Å². The Hall–Kier alpha value is -2.72. The summed E-state index contributed by atoms with van der Waals surface area (Å²) in [5.41, 5.74) is 0.758. The lowest BCUT2D eigenvalue weighted by Gasteiger charge is -2.38. The highest BCUT2D eigenvalue weighted by atomic mass is 79.9. The van der Waals surface area contributed by atoms with Crippen molar-refractivity contribution < 1.29 is 19.3 Å². The van der Waals surface area contributed by atoms with Gasteiger partial charge in [-0.1, -0.05) is 15.9 Å². The van der Waals surface area contributed by atoms with Gasteiger partial charge in [0.1, 0.15) is 5.60 Å². The van der Waals surface area contributed by atoms with Gasteiger partial charge in [-0.2, -0.15) is 0 Å². The van der Waals surface area contributed by atoms with Gasteiger partial charge in [-0.3, -0.25) is 0 Å². The first-order valence-electron chi connectivity index (χ1n) is 11.4. The molecule has 2 atom stereocenters. The molecular formula is C27H30BrN3O4S. The Labute approximate surface area is 223 Å². The topological polar surface area (TPSA) is 76.9 Å². The molecule has 0 saturated heterocycles. The van der Waals surface area contributed by atoms with Crippen LogP contribution in [0.3, 0.4) is 0 Å². The van der Waals surface area contributed by atoms with Crippen LogP contribution in [-0.4, -0.2) is 61.9 Å². The van der Waals surface area contributed by atoms with E-state index in [4.69, 9.17) is 19.2 Å². The second-order valence-electron chi connectivity index (χ2n) is 8.76. The third-order valence-corrected chi connectivity index (χ3v) is 7.82. The molecule has 0 aliphatic heterocycles. The molecule has 1 N–H and O–H groups in total. The highest BCUT2D eigenvalue weighted by Crippen LogP contribution is 2.51. The van der Waals surface area contributed by atoms with Gasteiger partial charge in [0.15, 0.2) is 5.06 Å². The Morgan fingerprint density at radius 3 is 2.47 bits per heavy atom. The Balaban J connectivity index is 2.04. The highest BCUT2D eigenvalue weighted by Gasteiger charge is 2.45. The molecule has 0 spiro atoms. The maximum absolute atomic E-state index is 12.8. The van der Waals surface area contributed by atoms with Gasteiger partial charge in [0, 0.05) is 38.6 Å². The number of methoxy groups -OCH3 is 3. The zero-order valence-electron chi connectivity index (χ0n) is 21.0. The molecule has 1 aromatic carbocycles. The highest BCUT2D eigenvalue weighted by molar-refractivity contribution is 9.10. The first-order valence-corrected chi connectivity index (χ1v) is 13.1. The van der Waals surface area contributed by atoms with Gasteiger partial charge in [-0.05, 0) is 69.0 Å². The maximum atomic E-state index is 12.8. The molecule has 7 nitrogen and oxygen atoms in total.